The van der Waals surface area contributed by atoms with Gasteiger partial charge in [0.25, 0.3) is 0 Å². The van der Waals surface area contributed by atoms with Gasteiger partial charge >= 0.3 is 5.97 Å². The van der Waals surface area contributed by atoms with E-state index in [2.05, 4.69) is 0 Å². The molecule has 0 saturated carbocycles. The molecule has 1 aromatic rings. The smallest absolute Gasteiger partial charge is 0.338 e. The normalized spacial score (nSPS) is 17.6. The molecular weight excluding hydrogens is 303 g/mol. The topological polar surface area (TPSA) is 94.6 Å². The number of halogens is 1. The molecule has 1 aliphatic rings. The Kier molecular flexibility index (Phi) is 4.98. The Morgan fingerprint density at radius 1 is 1.43 bits per heavy atom. The Labute approximate surface area is 132 Å². The zero-order valence-electron chi connectivity index (χ0n) is 12.6. The van der Waals surface area contributed by atoms with Crippen molar-refractivity contribution in [3.8, 4) is 6.07 Å². The summed E-state index contributed by atoms with van der Waals surface area (Å²) in [5.41, 5.74) is 5.82. The van der Waals surface area contributed by atoms with Gasteiger partial charge in [0.15, 0.2) is 0 Å². The number of carbonyl (C=O) groups is 1. The van der Waals surface area contributed by atoms with Crippen molar-refractivity contribution in [1.82, 2.24) is 0 Å². The van der Waals surface area contributed by atoms with Gasteiger partial charge in [-0.1, -0.05) is 18.2 Å². The number of benzene rings is 1. The Hall–Kier alpha value is -2.85. The molecule has 0 saturated heterocycles. The van der Waals surface area contributed by atoms with E-state index in [1.165, 1.54) is 32.4 Å². The van der Waals surface area contributed by atoms with Crippen molar-refractivity contribution in [2.75, 3.05) is 20.8 Å². The quantitative estimate of drug-likeness (QED) is 0.849. The molecule has 1 heterocycles. The third kappa shape index (κ3) is 3.03. The molecule has 2 N–H and O–H groups in total. The molecule has 120 valence electrons. The van der Waals surface area contributed by atoms with E-state index in [9.17, 15) is 14.4 Å². The van der Waals surface area contributed by atoms with Gasteiger partial charge in [0.2, 0.25) is 5.88 Å². The highest BCUT2D eigenvalue weighted by atomic mass is 19.1. The van der Waals surface area contributed by atoms with Gasteiger partial charge in [-0.3, -0.25) is 0 Å². The van der Waals surface area contributed by atoms with Crippen LogP contribution in [0.4, 0.5) is 4.39 Å². The van der Waals surface area contributed by atoms with Gasteiger partial charge in [0, 0.05) is 12.7 Å². The van der Waals surface area contributed by atoms with Gasteiger partial charge in [-0.15, -0.1) is 0 Å². The Morgan fingerprint density at radius 3 is 2.70 bits per heavy atom. The molecular formula is C16H15FN2O4. The summed E-state index contributed by atoms with van der Waals surface area (Å²) in [5.74, 6) is -2.44. The first-order valence-corrected chi connectivity index (χ1v) is 6.67. The van der Waals surface area contributed by atoms with E-state index >= 15 is 0 Å². The number of ether oxygens (including phenoxy) is 3. The van der Waals surface area contributed by atoms with Crippen LogP contribution in [0.15, 0.2) is 47.1 Å². The van der Waals surface area contributed by atoms with Gasteiger partial charge in [-0.05, 0) is 6.07 Å². The molecule has 1 atom stereocenters. The highest BCUT2D eigenvalue weighted by molar-refractivity contribution is 5.92. The lowest BCUT2D eigenvalue weighted by Crippen LogP contribution is -2.27. The minimum atomic E-state index is -1.02. The van der Waals surface area contributed by atoms with Crippen molar-refractivity contribution >= 4 is 5.97 Å². The van der Waals surface area contributed by atoms with E-state index in [1.807, 2.05) is 6.07 Å². The lowest BCUT2D eigenvalue weighted by atomic mass is 9.82. The number of carbonyl (C=O) groups excluding carboxylic acids is 1. The zero-order valence-corrected chi connectivity index (χ0v) is 12.6. The SMILES string of the molecule is COCC1=C(C(=O)OC)C(c2ccccc2F)C(C#N)=C(N)O1. The fraction of sp³-hybridized carbons (Fsp3) is 0.250. The molecule has 1 aliphatic heterocycles. The molecule has 0 amide bonds. The van der Waals surface area contributed by atoms with Gasteiger partial charge in [-0.2, -0.15) is 5.26 Å². The summed E-state index contributed by atoms with van der Waals surface area (Å²) in [7, 11) is 2.59. The zero-order chi connectivity index (χ0) is 17.0. The summed E-state index contributed by atoms with van der Waals surface area (Å²) in [6.07, 6.45) is 0. The average molecular weight is 318 g/mol. The summed E-state index contributed by atoms with van der Waals surface area (Å²) in [4.78, 5) is 12.2. The summed E-state index contributed by atoms with van der Waals surface area (Å²) in [6, 6.07) is 7.70. The molecule has 6 nitrogen and oxygen atoms in total. The number of nitrogens with zero attached hydrogens (tertiary/aromatic N) is 1. The van der Waals surface area contributed by atoms with Crippen LogP contribution in [0, 0.1) is 17.1 Å². The largest absolute Gasteiger partial charge is 0.466 e. The van der Waals surface area contributed by atoms with E-state index in [4.69, 9.17) is 19.9 Å². The summed E-state index contributed by atoms with van der Waals surface area (Å²) in [5, 5.41) is 9.38. The van der Waals surface area contributed by atoms with Gasteiger partial charge in [0.1, 0.15) is 29.8 Å². The van der Waals surface area contributed by atoms with Crippen LogP contribution < -0.4 is 5.73 Å². The predicted octanol–water partition coefficient (Wildman–Crippen LogP) is 1.71. The van der Waals surface area contributed by atoms with E-state index in [-0.39, 0.29) is 35.0 Å². The van der Waals surface area contributed by atoms with Crippen LogP contribution in [-0.2, 0) is 19.0 Å². The maximum Gasteiger partial charge on any atom is 0.338 e. The van der Waals surface area contributed by atoms with Gasteiger partial charge in [-0.25, -0.2) is 9.18 Å². The molecule has 0 radical (unpaired) electrons. The summed E-state index contributed by atoms with van der Waals surface area (Å²) in [6.45, 7) is -0.0746. The maximum absolute atomic E-state index is 14.2. The number of rotatable bonds is 4. The number of methoxy groups -OCH3 is 2. The van der Waals surface area contributed by atoms with E-state index < -0.39 is 17.7 Å². The van der Waals surface area contributed by atoms with E-state index in [1.54, 1.807) is 6.07 Å². The van der Waals surface area contributed by atoms with Crippen LogP contribution in [0.5, 0.6) is 0 Å². The van der Waals surface area contributed by atoms with E-state index in [0.29, 0.717) is 0 Å². The number of esters is 1. The lowest BCUT2D eigenvalue weighted by molar-refractivity contribution is -0.136. The first-order valence-electron chi connectivity index (χ1n) is 6.67. The van der Waals surface area contributed by atoms with Crippen LogP contribution in [0.2, 0.25) is 0 Å². The summed E-state index contributed by atoms with van der Waals surface area (Å²) < 4.78 is 29.3. The molecule has 1 aromatic carbocycles. The maximum atomic E-state index is 14.2. The first-order chi connectivity index (χ1) is 11.0. The number of allylic oxidation sites excluding steroid dienone is 1. The van der Waals surface area contributed by atoms with Gasteiger partial charge in [0.05, 0.1) is 18.6 Å². The van der Waals surface area contributed by atoms with Crippen LogP contribution in [0.25, 0.3) is 0 Å². The van der Waals surface area contributed by atoms with Gasteiger partial charge < -0.3 is 19.9 Å². The van der Waals surface area contributed by atoms with Crippen LogP contribution in [-0.4, -0.2) is 26.8 Å². The minimum Gasteiger partial charge on any atom is -0.466 e. The van der Waals surface area contributed by atoms with Crippen LogP contribution in [0.1, 0.15) is 11.5 Å². The number of nitrogens with two attached hydrogens (primary N) is 1. The number of hydrogen-bond donors (Lipinski definition) is 1. The third-order valence-electron chi connectivity index (χ3n) is 3.39. The van der Waals surface area contributed by atoms with Crippen LogP contribution >= 0.6 is 0 Å². The highest BCUT2D eigenvalue weighted by Crippen LogP contribution is 2.40. The van der Waals surface area contributed by atoms with Crippen molar-refractivity contribution < 1.29 is 23.4 Å². The van der Waals surface area contributed by atoms with Crippen molar-refractivity contribution in [1.29, 1.82) is 5.26 Å². The van der Waals surface area contributed by atoms with Crippen LogP contribution in [0.3, 0.4) is 0 Å². The average Bonchev–Trinajstić information content (AvgIpc) is 2.54. The van der Waals surface area contributed by atoms with E-state index in [0.717, 1.165) is 0 Å². The molecule has 1 unspecified atom stereocenters. The number of nitriles is 1. The third-order valence-corrected chi connectivity index (χ3v) is 3.39. The van der Waals surface area contributed by atoms with Crippen molar-refractivity contribution in [3.05, 3.63) is 58.4 Å². The fourth-order valence-electron chi connectivity index (χ4n) is 2.41. The molecule has 0 fully saturated rings. The second-order valence-corrected chi connectivity index (χ2v) is 4.71. The molecule has 2 rings (SSSR count). The summed E-state index contributed by atoms with van der Waals surface area (Å²) >= 11 is 0. The second kappa shape index (κ2) is 6.94. The highest BCUT2D eigenvalue weighted by Gasteiger charge is 2.38. The molecule has 0 aromatic heterocycles. The Bertz CT molecular complexity index is 734. The Balaban J connectivity index is 2.72. The van der Waals surface area contributed by atoms with Crippen molar-refractivity contribution in [2.24, 2.45) is 5.73 Å². The standard InChI is InChI=1S/C16H15FN2O4/c1-21-8-12-14(16(20)22-2)13(10(7-18)15(19)23-12)9-5-3-4-6-11(9)17/h3-6,13H,8,19H2,1-2H3. The molecule has 0 bridgehead atoms. The molecule has 23 heavy (non-hydrogen) atoms. The molecule has 0 aliphatic carbocycles. The Morgan fingerprint density at radius 2 is 2.13 bits per heavy atom. The molecule has 0 spiro atoms. The number of hydrogen-bond acceptors (Lipinski definition) is 6. The monoisotopic (exact) mass is 318 g/mol. The predicted molar refractivity (Wildman–Crippen MR) is 78.0 cm³/mol. The lowest BCUT2D eigenvalue weighted by Gasteiger charge is -2.27. The second-order valence-electron chi connectivity index (χ2n) is 4.71. The fourth-order valence-corrected chi connectivity index (χ4v) is 2.41. The van der Waals surface area contributed by atoms with Crippen molar-refractivity contribution in [3.63, 3.8) is 0 Å². The molecule has 7 heteroatoms. The minimum absolute atomic E-state index is 0.00907. The first kappa shape index (κ1) is 16.5. The van der Waals surface area contributed by atoms with Crippen molar-refractivity contribution in [2.45, 2.75) is 5.92 Å².